The van der Waals surface area contributed by atoms with Gasteiger partial charge < -0.3 is 0 Å². The summed E-state index contributed by atoms with van der Waals surface area (Å²) < 4.78 is 23.6. The summed E-state index contributed by atoms with van der Waals surface area (Å²) in [5.41, 5.74) is 0. The minimum atomic E-state index is -3.22. The van der Waals surface area contributed by atoms with Crippen LogP contribution in [0.2, 0.25) is 0 Å². The third-order valence-corrected chi connectivity index (χ3v) is 4.06. The largest absolute Gasteiger partial charge is 0.223 e. The van der Waals surface area contributed by atoms with Crippen molar-refractivity contribution in [1.82, 2.24) is 0 Å². The Hall–Kier alpha value is -1.61. The third kappa shape index (κ3) is 1.99. The maximum absolute atomic E-state index is 11.8. The zero-order valence-corrected chi connectivity index (χ0v) is 9.57. The minimum absolute atomic E-state index is 0.0225. The Morgan fingerprint density at radius 1 is 1.06 bits per heavy atom. The molecule has 0 N–H and O–H groups in total. The highest BCUT2D eigenvalue weighted by Crippen LogP contribution is 2.19. The van der Waals surface area contributed by atoms with Gasteiger partial charge in [0, 0.05) is 0 Å². The highest BCUT2D eigenvalue weighted by Gasteiger charge is 2.12. The molecule has 2 rings (SSSR count). The molecule has 0 aliphatic carbocycles. The molecule has 16 heavy (non-hydrogen) atoms. The van der Waals surface area contributed by atoms with Crippen molar-refractivity contribution in [2.75, 3.05) is 5.75 Å². The number of sulfone groups is 1. The van der Waals surface area contributed by atoms with Gasteiger partial charge in [0.05, 0.1) is 10.6 Å². The zero-order chi connectivity index (χ0) is 11.6. The van der Waals surface area contributed by atoms with Crippen molar-refractivity contribution in [3.8, 4) is 0 Å². The fraction of sp³-hybridized carbons (Fsp3) is 0.0769. The molecule has 0 aliphatic heterocycles. The fourth-order valence-electron chi connectivity index (χ4n) is 1.61. The highest BCUT2D eigenvalue weighted by molar-refractivity contribution is 7.91. The molecule has 0 fully saturated rings. The third-order valence-electron chi connectivity index (χ3n) is 2.42. The smallest absolute Gasteiger partial charge is 0.181 e. The van der Waals surface area contributed by atoms with Crippen molar-refractivity contribution < 1.29 is 8.42 Å². The van der Waals surface area contributed by atoms with E-state index in [9.17, 15) is 8.42 Å². The topological polar surface area (TPSA) is 34.1 Å². The normalized spacial score (nSPS) is 11.5. The van der Waals surface area contributed by atoms with Crippen LogP contribution in [0.3, 0.4) is 0 Å². The molecule has 3 heteroatoms. The summed E-state index contributed by atoms with van der Waals surface area (Å²) in [5.74, 6) is -0.0225. The lowest BCUT2D eigenvalue weighted by molar-refractivity contribution is 0.599. The molecule has 2 aromatic carbocycles. The Kier molecular flexibility index (Phi) is 2.79. The van der Waals surface area contributed by atoms with Gasteiger partial charge in [-0.15, -0.1) is 6.58 Å². The van der Waals surface area contributed by atoms with Crippen molar-refractivity contribution in [1.29, 1.82) is 0 Å². The lowest BCUT2D eigenvalue weighted by atomic mass is 10.1. The quantitative estimate of drug-likeness (QED) is 0.762. The van der Waals surface area contributed by atoms with Gasteiger partial charge in [0.1, 0.15) is 0 Å². The second-order valence-electron chi connectivity index (χ2n) is 3.58. The molecule has 82 valence electrons. The number of hydrogen-bond acceptors (Lipinski definition) is 2. The monoisotopic (exact) mass is 232 g/mol. The van der Waals surface area contributed by atoms with E-state index < -0.39 is 9.84 Å². The molecule has 0 bridgehead atoms. The molecule has 0 amide bonds. The predicted molar refractivity (Wildman–Crippen MR) is 66.2 cm³/mol. The van der Waals surface area contributed by atoms with E-state index in [4.69, 9.17) is 0 Å². The molecule has 2 aromatic rings. The minimum Gasteiger partial charge on any atom is -0.223 e. The van der Waals surface area contributed by atoms with Crippen LogP contribution in [0.5, 0.6) is 0 Å². The van der Waals surface area contributed by atoms with Crippen molar-refractivity contribution in [2.24, 2.45) is 0 Å². The summed E-state index contributed by atoms with van der Waals surface area (Å²) in [6.07, 6.45) is 1.41. The fourth-order valence-corrected chi connectivity index (χ4v) is 2.70. The zero-order valence-electron chi connectivity index (χ0n) is 8.76. The molecule has 0 saturated carbocycles. The van der Waals surface area contributed by atoms with Crippen LogP contribution in [-0.2, 0) is 9.84 Å². The predicted octanol–water partition coefficient (Wildman–Crippen LogP) is 2.80. The molecule has 0 radical (unpaired) electrons. The average molecular weight is 232 g/mol. The Morgan fingerprint density at radius 3 is 2.44 bits per heavy atom. The first kappa shape index (κ1) is 10.9. The lowest BCUT2D eigenvalue weighted by Crippen LogP contribution is -2.04. The van der Waals surface area contributed by atoms with Crippen LogP contribution in [0, 0.1) is 0 Å². The highest BCUT2D eigenvalue weighted by atomic mass is 32.2. The molecule has 0 aromatic heterocycles. The summed E-state index contributed by atoms with van der Waals surface area (Å²) in [7, 11) is -3.22. The summed E-state index contributed by atoms with van der Waals surface area (Å²) in [4.78, 5) is 0.353. The van der Waals surface area contributed by atoms with Crippen LogP contribution < -0.4 is 0 Å². The van der Waals surface area contributed by atoms with E-state index >= 15 is 0 Å². The molecule has 0 saturated heterocycles. The van der Waals surface area contributed by atoms with Gasteiger partial charge in [0.25, 0.3) is 0 Å². The second-order valence-corrected chi connectivity index (χ2v) is 5.61. The Balaban J connectivity index is 2.59. The number of hydrogen-bond donors (Lipinski definition) is 0. The van der Waals surface area contributed by atoms with Gasteiger partial charge in [-0.2, -0.15) is 0 Å². The van der Waals surface area contributed by atoms with E-state index in [-0.39, 0.29) is 5.75 Å². The van der Waals surface area contributed by atoms with E-state index in [1.54, 1.807) is 12.1 Å². The first-order valence-electron chi connectivity index (χ1n) is 4.96. The van der Waals surface area contributed by atoms with Crippen LogP contribution >= 0.6 is 0 Å². The molecule has 0 unspecified atom stereocenters. The van der Waals surface area contributed by atoms with E-state index in [2.05, 4.69) is 6.58 Å². The number of fused-ring (bicyclic) bond motifs is 1. The first-order chi connectivity index (χ1) is 7.63. The maximum Gasteiger partial charge on any atom is 0.181 e. The molecule has 0 heterocycles. The van der Waals surface area contributed by atoms with Crippen molar-refractivity contribution in [3.05, 3.63) is 55.1 Å². The lowest BCUT2D eigenvalue weighted by Gasteiger charge is -2.03. The molecular formula is C13H12O2S. The van der Waals surface area contributed by atoms with Crippen molar-refractivity contribution >= 4 is 20.6 Å². The van der Waals surface area contributed by atoms with Crippen LogP contribution in [0.1, 0.15) is 0 Å². The van der Waals surface area contributed by atoms with Gasteiger partial charge in [0.2, 0.25) is 0 Å². The molecule has 0 spiro atoms. The Labute approximate surface area is 95.1 Å². The summed E-state index contributed by atoms with van der Waals surface area (Å²) in [5, 5.41) is 1.98. The van der Waals surface area contributed by atoms with Crippen LogP contribution in [-0.4, -0.2) is 14.2 Å². The average Bonchev–Trinajstić information content (AvgIpc) is 2.28. The molecule has 0 aliphatic rings. The summed E-state index contributed by atoms with van der Waals surface area (Å²) in [6, 6.07) is 12.9. The summed E-state index contributed by atoms with van der Waals surface area (Å²) in [6.45, 7) is 3.45. The van der Waals surface area contributed by atoms with Gasteiger partial charge in [-0.3, -0.25) is 0 Å². The van der Waals surface area contributed by atoms with Gasteiger partial charge in [-0.05, 0) is 22.9 Å². The van der Waals surface area contributed by atoms with Crippen LogP contribution in [0.4, 0.5) is 0 Å². The van der Waals surface area contributed by atoms with E-state index in [0.717, 1.165) is 10.8 Å². The molecule has 0 atom stereocenters. The van der Waals surface area contributed by atoms with Gasteiger partial charge in [-0.25, -0.2) is 8.42 Å². The van der Waals surface area contributed by atoms with Gasteiger partial charge in [-0.1, -0.05) is 36.4 Å². The molecular weight excluding hydrogens is 220 g/mol. The van der Waals surface area contributed by atoms with Crippen molar-refractivity contribution in [3.63, 3.8) is 0 Å². The van der Waals surface area contributed by atoms with Crippen LogP contribution in [0.25, 0.3) is 10.8 Å². The molecule has 2 nitrogen and oxygen atoms in total. The van der Waals surface area contributed by atoms with Gasteiger partial charge in [0.15, 0.2) is 9.84 Å². The Bertz CT molecular complexity index is 627. The first-order valence-corrected chi connectivity index (χ1v) is 6.61. The summed E-state index contributed by atoms with van der Waals surface area (Å²) >= 11 is 0. The van der Waals surface area contributed by atoms with Gasteiger partial charge >= 0.3 is 0 Å². The number of rotatable bonds is 3. The standard InChI is InChI=1S/C13H12O2S/c1-2-9-16(14,15)13-8-7-11-5-3-4-6-12(11)10-13/h2-8,10H,1,9H2. The van der Waals surface area contributed by atoms with Crippen molar-refractivity contribution in [2.45, 2.75) is 4.90 Å². The number of benzene rings is 2. The SMILES string of the molecule is C=CCS(=O)(=O)c1ccc2ccccc2c1. The maximum atomic E-state index is 11.8. The second kappa shape index (κ2) is 4.10. The van der Waals surface area contributed by atoms with E-state index in [1.807, 2.05) is 30.3 Å². The van der Waals surface area contributed by atoms with E-state index in [1.165, 1.54) is 6.08 Å². The van der Waals surface area contributed by atoms with Crippen LogP contribution in [0.15, 0.2) is 60.0 Å². The Morgan fingerprint density at radius 2 is 1.75 bits per heavy atom. The van der Waals surface area contributed by atoms with E-state index in [0.29, 0.717) is 4.90 Å².